The third-order valence-corrected chi connectivity index (χ3v) is 4.91. The second kappa shape index (κ2) is 7.08. The summed E-state index contributed by atoms with van der Waals surface area (Å²) in [6.07, 6.45) is 4.90. The van der Waals surface area contributed by atoms with Crippen LogP contribution < -0.4 is 0 Å². The van der Waals surface area contributed by atoms with Crippen LogP contribution in [0.2, 0.25) is 0 Å². The zero-order chi connectivity index (χ0) is 15.3. The Bertz CT molecular complexity index is 448. The summed E-state index contributed by atoms with van der Waals surface area (Å²) in [5.41, 5.74) is 1.40. The number of hydrogen-bond acceptors (Lipinski definition) is 3. The van der Waals surface area contributed by atoms with Crippen LogP contribution in [-0.4, -0.2) is 37.1 Å². The van der Waals surface area contributed by atoms with E-state index in [0.29, 0.717) is 18.9 Å². The van der Waals surface area contributed by atoms with Crippen LogP contribution in [0.4, 0.5) is 0 Å². The Balaban J connectivity index is 2.02. The first-order valence-corrected chi connectivity index (χ1v) is 7.95. The van der Waals surface area contributed by atoms with Crippen molar-refractivity contribution in [3.05, 3.63) is 35.9 Å². The summed E-state index contributed by atoms with van der Waals surface area (Å²) in [5, 5.41) is 0. The topological polar surface area (TPSA) is 29.5 Å². The molecule has 3 heteroatoms. The molecule has 0 aliphatic heterocycles. The van der Waals surface area contributed by atoms with Crippen LogP contribution in [0.15, 0.2) is 30.3 Å². The van der Waals surface area contributed by atoms with E-state index in [1.54, 1.807) is 0 Å². The second-order valence-electron chi connectivity index (χ2n) is 6.29. The number of ether oxygens (including phenoxy) is 1. The fourth-order valence-electron chi connectivity index (χ4n) is 3.48. The Hall–Kier alpha value is -1.35. The number of nitrogens with zero attached hydrogens (tertiary/aromatic N) is 1. The van der Waals surface area contributed by atoms with Gasteiger partial charge in [-0.1, -0.05) is 30.3 Å². The Morgan fingerprint density at radius 1 is 1.24 bits per heavy atom. The Labute approximate surface area is 128 Å². The summed E-state index contributed by atoms with van der Waals surface area (Å²) in [4.78, 5) is 14.2. The molecule has 1 aromatic rings. The van der Waals surface area contributed by atoms with Crippen molar-refractivity contribution in [3.8, 4) is 0 Å². The molecule has 1 aliphatic carbocycles. The van der Waals surface area contributed by atoms with Gasteiger partial charge in [0, 0.05) is 5.54 Å². The van der Waals surface area contributed by atoms with Crippen LogP contribution in [0.3, 0.4) is 0 Å². The van der Waals surface area contributed by atoms with Gasteiger partial charge in [-0.25, -0.2) is 0 Å². The molecule has 0 unspecified atom stereocenters. The minimum Gasteiger partial charge on any atom is -0.466 e. The van der Waals surface area contributed by atoms with Crippen molar-refractivity contribution in [1.82, 2.24) is 4.90 Å². The summed E-state index contributed by atoms with van der Waals surface area (Å²) in [5.74, 6) is 0.561. The molecule has 0 atom stereocenters. The van der Waals surface area contributed by atoms with Gasteiger partial charge < -0.3 is 9.64 Å². The molecule has 21 heavy (non-hydrogen) atoms. The standard InChI is InChI=1S/C18H27NO2/c1-4-21-17(20)14-18(19(2)3)12-10-16(11-13-18)15-8-6-5-7-9-15/h5-9,16H,4,10-14H2,1-3H3. The van der Waals surface area contributed by atoms with Crippen molar-refractivity contribution < 1.29 is 9.53 Å². The maximum absolute atomic E-state index is 11.9. The van der Waals surface area contributed by atoms with Crippen molar-refractivity contribution in [2.45, 2.75) is 50.5 Å². The first-order chi connectivity index (χ1) is 10.1. The number of esters is 1. The SMILES string of the molecule is CCOC(=O)CC1(N(C)C)CCC(c2ccccc2)CC1. The normalized spacial score (nSPS) is 25.8. The fraction of sp³-hybridized carbons (Fsp3) is 0.611. The van der Waals surface area contributed by atoms with Gasteiger partial charge in [-0.2, -0.15) is 0 Å². The molecule has 0 bridgehead atoms. The number of carbonyl (C=O) groups excluding carboxylic acids is 1. The Morgan fingerprint density at radius 3 is 2.38 bits per heavy atom. The first kappa shape index (κ1) is 16.0. The zero-order valence-electron chi connectivity index (χ0n) is 13.5. The third kappa shape index (κ3) is 3.85. The minimum absolute atomic E-state index is 0.0302. The van der Waals surface area contributed by atoms with E-state index in [1.807, 2.05) is 6.92 Å². The van der Waals surface area contributed by atoms with E-state index in [1.165, 1.54) is 5.56 Å². The van der Waals surface area contributed by atoms with Gasteiger partial charge in [-0.3, -0.25) is 4.79 Å². The van der Waals surface area contributed by atoms with Crippen LogP contribution in [0, 0.1) is 0 Å². The highest BCUT2D eigenvalue weighted by Crippen LogP contribution is 2.42. The molecule has 1 fully saturated rings. The van der Waals surface area contributed by atoms with Crippen LogP contribution in [0.1, 0.15) is 50.5 Å². The largest absolute Gasteiger partial charge is 0.466 e. The maximum Gasteiger partial charge on any atom is 0.307 e. The van der Waals surface area contributed by atoms with Crippen molar-refractivity contribution in [1.29, 1.82) is 0 Å². The van der Waals surface area contributed by atoms with E-state index in [9.17, 15) is 4.79 Å². The molecule has 2 rings (SSSR count). The summed E-state index contributed by atoms with van der Waals surface area (Å²) in [6.45, 7) is 2.33. The molecule has 1 aliphatic rings. The molecule has 0 amide bonds. The van der Waals surface area contributed by atoms with E-state index in [2.05, 4.69) is 49.3 Å². The molecule has 0 spiro atoms. The van der Waals surface area contributed by atoms with Crippen LogP contribution in [-0.2, 0) is 9.53 Å². The van der Waals surface area contributed by atoms with Gasteiger partial charge in [0.15, 0.2) is 0 Å². The maximum atomic E-state index is 11.9. The molecule has 116 valence electrons. The smallest absolute Gasteiger partial charge is 0.307 e. The van der Waals surface area contributed by atoms with Gasteiger partial charge in [-0.05, 0) is 58.2 Å². The van der Waals surface area contributed by atoms with E-state index < -0.39 is 0 Å². The van der Waals surface area contributed by atoms with E-state index in [-0.39, 0.29) is 11.5 Å². The lowest BCUT2D eigenvalue weighted by atomic mass is 9.72. The second-order valence-corrected chi connectivity index (χ2v) is 6.29. The zero-order valence-corrected chi connectivity index (χ0v) is 13.5. The van der Waals surface area contributed by atoms with E-state index in [4.69, 9.17) is 4.74 Å². The lowest BCUT2D eigenvalue weighted by molar-refractivity contribution is -0.147. The van der Waals surface area contributed by atoms with Crippen LogP contribution in [0.25, 0.3) is 0 Å². The highest BCUT2D eigenvalue weighted by molar-refractivity contribution is 5.71. The average Bonchev–Trinajstić information content (AvgIpc) is 2.49. The lowest BCUT2D eigenvalue weighted by Crippen LogP contribution is -2.48. The number of benzene rings is 1. The fourth-order valence-corrected chi connectivity index (χ4v) is 3.48. The molecule has 0 aromatic heterocycles. The van der Waals surface area contributed by atoms with Crippen LogP contribution >= 0.6 is 0 Å². The van der Waals surface area contributed by atoms with Gasteiger partial charge >= 0.3 is 5.97 Å². The highest BCUT2D eigenvalue weighted by atomic mass is 16.5. The van der Waals surface area contributed by atoms with E-state index in [0.717, 1.165) is 25.7 Å². The van der Waals surface area contributed by atoms with Gasteiger partial charge in [0.05, 0.1) is 13.0 Å². The molecule has 1 saturated carbocycles. The number of hydrogen-bond donors (Lipinski definition) is 0. The molecular formula is C18H27NO2. The average molecular weight is 289 g/mol. The monoisotopic (exact) mass is 289 g/mol. The van der Waals surface area contributed by atoms with Crippen molar-refractivity contribution in [2.24, 2.45) is 0 Å². The van der Waals surface area contributed by atoms with Crippen molar-refractivity contribution in [3.63, 3.8) is 0 Å². The van der Waals surface area contributed by atoms with Gasteiger partial charge in [-0.15, -0.1) is 0 Å². The molecule has 0 heterocycles. The van der Waals surface area contributed by atoms with Crippen molar-refractivity contribution in [2.75, 3.05) is 20.7 Å². The Morgan fingerprint density at radius 2 is 1.86 bits per heavy atom. The number of carbonyl (C=O) groups is 1. The molecule has 0 saturated heterocycles. The summed E-state index contributed by atoms with van der Waals surface area (Å²) < 4.78 is 5.17. The van der Waals surface area contributed by atoms with Gasteiger partial charge in [0.25, 0.3) is 0 Å². The quantitative estimate of drug-likeness (QED) is 0.776. The summed E-state index contributed by atoms with van der Waals surface area (Å²) in [6, 6.07) is 10.7. The summed E-state index contributed by atoms with van der Waals surface area (Å²) >= 11 is 0. The van der Waals surface area contributed by atoms with E-state index >= 15 is 0 Å². The summed E-state index contributed by atoms with van der Waals surface area (Å²) in [7, 11) is 4.17. The van der Waals surface area contributed by atoms with Gasteiger partial charge in [0.1, 0.15) is 0 Å². The predicted molar refractivity (Wildman–Crippen MR) is 85.3 cm³/mol. The number of rotatable bonds is 5. The molecule has 3 nitrogen and oxygen atoms in total. The third-order valence-electron chi connectivity index (χ3n) is 4.91. The Kier molecular flexibility index (Phi) is 5.40. The molecule has 0 radical (unpaired) electrons. The highest BCUT2D eigenvalue weighted by Gasteiger charge is 2.39. The van der Waals surface area contributed by atoms with Crippen molar-refractivity contribution >= 4 is 5.97 Å². The van der Waals surface area contributed by atoms with Gasteiger partial charge in [0.2, 0.25) is 0 Å². The lowest BCUT2D eigenvalue weighted by Gasteiger charge is -2.44. The molecule has 0 N–H and O–H groups in total. The molecule has 1 aromatic carbocycles. The minimum atomic E-state index is -0.0654. The van der Waals surface area contributed by atoms with Crippen LogP contribution in [0.5, 0.6) is 0 Å². The predicted octanol–water partition coefficient (Wildman–Crippen LogP) is 3.60. The molecular weight excluding hydrogens is 262 g/mol. The first-order valence-electron chi connectivity index (χ1n) is 7.95.